The van der Waals surface area contributed by atoms with Gasteiger partial charge in [-0.25, -0.2) is 0 Å². The Morgan fingerprint density at radius 3 is 2.39 bits per heavy atom. The maximum Gasteiger partial charge on any atom is 0.227 e. The number of nitrogens with one attached hydrogen (secondary N) is 1. The van der Waals surface area contributed by atoms with Gasteiger partial charge in [0.05, 0.1) is 0 Å². The van der Waals surface area contributed by atoms with Gasteiger partial charge in [-0.05, 0) is 18.3 Å². The Bertz CT molecular complexity index is 243. The van der Waals surface area contributed by atoms with E-state index in [1.165, 1.54) is 12.8 Å². The van der Waals surface area contributed by atoms with E-state index in [2.05, 4.69) is 39.9 Å². The van der Waals surface area contributed by atoms with Crippen LogP contribution in [0, 0.1) is 17.3 Å². The van der Waals surface area contributed by atoms with Gasteiger partial charge >= 0.3 is 0 Å². The molecule has 1 N–H and O–H groups in total. The minimum atomic E-state index is -0.290. The minimum absolute atomic E-state index is 0.127. The maximum atomic E-state index is 12.4. The highest BCUT2D eigenvalue weighted by Crippen LogP contribution is 2.37. The van der Waals surface area contributed by atoms with Gasteiger partial charge < -0.3 is 10.1 Å². The van der Waals surface area contributed by atoms with Crippen LogP contribution >= 0.6 is 0 Å². The molecule has 0 heterocycles. The van der Waals surface area contributed by atoms with Gasteiger partial charge in [-0.15, -0.1) is 0 Å². The molecule has 3 heteroatoms. The second-order valence-corrected chi connectivity index (χ2v) is 5.76. The van der Waals surface area contributed by atoms with E-state index in [4.69, 9.17) is 4.74 Å². The Balaban J connectivity index is 4.76. The van der Waals surface area contributed by atoms with Crippen LogP contribution in [0.1, 0.15) is 60.3 Å². The van der Waals surface area contributed by atoms with E-state index >= 15 is 0 Å². The quantitative estimate of drug-likeness (QED) is 0.641. The Hall–Kier alpha value is -0.570. The molecule has 0 aliphatic heterocycles. The lowest BCUT2D eigenvalue weighted by Gasteiger charge is -2.36. The van der Waals surface area contributed by atoms with Crippen molar-refractivity contribution in [1.82, 2.24) is 5.32 Å². The molecule has 0 aliphatic carbocycles. The van der Waals surface area contributed by atoms with Crippen LogP contribution in [0.25, 0.3) is 0 Å². The molecule has 108 valence electrons. The van der Waals surface area contributed by atoms with Crippen LogP contribution in [0.5, 0.6) is 0 Å². The molecule has 0 fully saturated rings. The van der Waals surface area contributed by atoms with Gasteiger partial charge in [0.25, 0.3) is 0 Å². The fourth-order valence-electron chi connectivity index (χ4n) is 2.63. The zero-order valence-electron chi connectivity index (χ0n) is 13.0. The van der Waals surface area contributed by atoms with E-state index in [-0.39, 0.29) is 11.3 Å². The summed E-state index contributed by atoms with van der Waals surface area (Å²) in [6.07, 6.45) is 4.34. The van der Waals surface area contributed by atoms with E-state index in [9.17, 15) is 4.79 Å². The van der Waals surface area contributed by atoms with Crippen LogP contribution in [0.3, 0.4) is 0 Å². The Labute approximate surface area is 113 Å². The van der Waals surface area contributed by atoms with Crippen molar-refractivity contribution in [2.24, 2.45) is 17.3 Å². The maximum absolute atomic E-state index is 12.4. The van der Waals surface area contributed by atoms with Gasteiger partial charge in [0.15, 0.2) is 0 Å². The average Bonchev–Trinajstić information content (AvgIpc) is 2.34. The lowest BCUT2D eigenvalue weighted by molar-refractivity contribution is -0.135. The molecular weight excluding hydrogens is 226 g/mol. The number of carbonyl (C=O) groups excluding carboxylic acids is 1. The third-order valence-electron chi connectivity index (χ3n) is 4.15. The van der Waals surface area contributed by atoms with Crippen molar-refractivity contribution in [3.05, 3.63) is 0 Å². The van der Waals surface area contributed by atoms with Crippen LogP contribution in [0.4, 0.5) is 0 Å². The van der Waals surface area contributed by atoms with E-state index in [0.29, 0.717) is 18.6 Å². The molecule has 18 heavy (non-hydrogen) atoms. The Morgan fingerprint density at radius 1 is 1.33 bits per heavy atom. The Kier molecular flexibility index (Phi) is 8.25. The highest BCUT2D eigenvalue weighted by Gasteiger charge is 2.38. The molecule has 0 aromatic rings. The van der Waals surface area contributed by atoms with Crippen LogP contribution in [0.2, 0.25) is 0 Å². The predicted octanol–water partition coefficient (Wildman–Crippen LogP) is 3.59. The normalized spacial score (nSPS) is 17.9. The fourth-order valence-corrected chi connectivity index (χ4v) is 2.63. The molecule has 0 saturated heterocycles. The van der Waals surface area contributed by atoms with Crippen LogP contribution < -0.4 is 5.32 Å². The summed E-state index contributed by atoms with van der Waals surface area (Å²) in [4.78, 5) is 12.4. The highest BCUT2D eigenvalue weighted by molar-refractivity contribution is 5.82. The van der Waals surface area contributed by atoms with Gasteiger partial charge in [0.2, 0.25) is 5.91 Å². The molecule has 0 aromatic heterocycles. The number of methoxy groups -OCH3 is 1. The third-order valence-corrected chi connectivity index (χ3v) is 4.15. The number of ether oxygens (including phenoxy) is 1. The molecular formula is C15H31NO2. The van der Waals surface area contributed by atoms with Gasteiger partial charge in [-0.3, -0.25) is 4.79 Å². The number of hydrogen-bond acceptors (Lipinski definition) is 2. The fraction of sp³-hybridized carbons (Fsp3) is 0.933. The third kappa shape index (κ3) is 4.97. The number of amides is 1. The van der Waals surface area contributed by atoms with Crippen molar-refractivity contribution in [3.63, 3.8) is 0 Å². The molecule has 1 amide bonds. The van der Waals surface area contributed by atoms with Gasteiger partial charge in [-0.2, -0.15) is 0 Å². The zero-order chi connectivity index (χ0) is 14.2. The number of hydrogen-bond donors (Lipinski definition) is 1. The molecule has 0 saturated carbocycles. The zero-order valence-corrected chi connectivity index (χ0v) is 13.0. The van der Waals surface area contributed by atoms with Crippen LogP contribution in [-0.2, 0) is 9.53 Å². The first-order valence-corrected chi connectivity index (χ1v) is 7.19. The first-order chi connectivity index (χ1) is 8.42. The molecule has 0 rings (SSSR count). The predicted molar refractivity (Wildman–Crippen MR) is 76.3 cm³/mol. The minimum Gasteiger partial charge on any atom is -0.364 e. The summed E-state index contributed by atoms with van der Waals surface area (Å²) < 4.78 is 4.94. The van der Waals surface area contributed by atoms with Crippen molar-refractivity contribution in [2.45, 2.75) is 60.3 Å². The van der Waals surface area contributed by atoms with Gasteiger partial charge in [0.1, 0.15) is 6.73 Å². The van der Waals surface area contributed by atoms with Crippen LogP contribution in [-0.4, -0.2) is 19.7 Å². The first-order valence-electron chi connectivity index (χ1n) is 7.19. The lowest BCUT2D eigenvalue weighted by Crippen LogP contribution is -2.44. The van der Waals surface area contributed by atoms with E-state index in [1.807, 2.05) is 0 Å². The van der Waals surface area contributed by atoms with E-state index < -0.39 is 0 Å². The molecule has 0 spiro atoms. The summed E-state index contributed by atoms with van der Waals surface area (Å²) in [6.45, 7) is 11.2. The van der Waals surface area contributed by atoms with Crippen LogP contribution in [0.15, 0.2) is 0 Å². The monoisotopic (exact) mass is 257 g/mol. The van der Waals surface area contributed by atoms with E-state index in [0.717, 1.165) is 12.8 Å². The molecule has 0 aliphatic rings. The lowest BCUT2D eigenvalue weighted by atomic mass is 9.70. The van der Waals surface area contributed by atoms with Gasteiger partial charge in [0, 0.05) is 12.5 Å². The Morgan fingerprint density at radius 2 is 1.94 bits per heavy atom. The van der Waals surface area contributed by atoms with E-state index in [1.54, 1.807) is 7.11 Å². The second kappa shape index (κ2) is 8.52. The first kappa shape index (κ1) is 17.4. The standard InChI is InChI=1S/C15H31NO2/c1-7-9-12(3)10-15(5,13(4)8-2)14(17)16-11-18-6/h12-13H,7-11H2,1-6H3,(H,16,17). The second-order valence-electron chi connectivity index (χ2n) is 5.76. The smallest absolute Gasteiger partial charge is 0.227 e. The molecule has 0 radical (unpaired) electrons. The summed E-state index contributed by atoms with van der Waals surface area (Å²) >= 11 is 0. The van der Waals surface area contributed by atoms with Crippen molar-refractivity contribution >= 4 is 5.91 Å². The van der Waals surface area contributed by atoms with Crippen molar-refractivity contribution < 1.29 is 9.53 Å². The highest BCUT2D eigenvalue weighted by atomic mass is 16.5. The molecule has 3 atom stereocenters. The SMILES string of the molecule is CCCC(C)CC(C)(C(=O)NCOC)C(C)CC. The summed E-state index contributed by atoms with van der Waals surface area (Å²) in [7, 11) is 1.60. The average molecular weight is 257 g/mol. The summed E-state index contributed by atoms with van der Waals surface area (Å²) in [5, 5.41) is 2.87. The summed E-state index contributed by atoms with van der Waals surface area (Å²) in [6, 6.07) is 0. The largest absolute Gasteiger partial charge is 0.364 e. The molecule has 3 unspecified atom stereocenters. The molecule has 0 bridgehead atoms. The van der Waals surface area contributed by atoms with Crippen molar-refractivity contribution in [3.8, 4) is 0 Å². The number of carbonyl (C=O) groups is 1. The molecule has 3 nitrogen and oxygen atoms in total. The summed E-state index contributed by atoms with van der Waals surface area (Å²) in [5.74, 6) is 1.10. The summed E-state index contributed by atoms with van der Waals surface area (Å²) in [5.41, 5.74) is -0.290. The number of rotatable bonds is 9. The van der Waals surface area contributed by atoms with Crippen molar-refractivity contribution in [2.75, 3.05) is 13.8 Å². The molecule has 0 aromatic carbocycles. The van der Waals surface area contributed by atoms with Gasteiger partial charge in [-0.1, -0.05) is 53.9 Å². The van der Waals surface area contributed by atoms with Crippen molar-refractivity contribution in [1.29, 1.82) is 0 Å². The topological polar surface area (TPSA) is 38.3 Å².